The van der Waals surface area contributed by atoms with E-state index in [1.165, 1.54) is 5.56 Å². The summed E-state index contributed by atoms with van der Waals surface area (Å²) in [6.45, 7) is 4.25. The molecular weight excluding hydrogens is 214 g/mol. The van der Waals surface area contributed by atoms with Crippen LogP contribution in [0.1, 0.15) is 11.3 Å². The summed E-state index contributed by atoms with van der Waals surface area (Å²) in [5, 5.41) is 3.26. The van der Waals surface area contributed by atoms with Crippen molar-refractivity contribution < 1.29 is 9.15 Å². The fourth-order valence-electron chi connectivity index (χ4n) is 1.58. The maximum Gasteiger partial charge on any atom is 0.122 e. The molecule has 0 saturated carbocycles. The van der Waals surface area contributed by atoms with Crippen molar-refractivity contribution in [2.24, 2.45) is 0 Å². The Morgan fingerprint density at radius 2 is 2.06 bits per heavy atom. The molecule has 17 heavy (non-hydrogen) atoms. The predicted octanol–water partition coefficient (Wildman–Crippen LogP) is 2.76. The van der Waals surface area contributed by atoms with E-state index in [2.05, 4.69) is 5.32 Å². The first-order valence-electron chi connectivity index (χ1n) is 5.78. The summed E-state index contributed by atoms with van der Waals surface area (Å²) in [5.74, 6) is 1.90. The standard InChI is InChI=1S/C14H17NO2/c1-12-5-2-3-7-14(12)17-10-8-15-11-13-6-4-9-16-13/h2-7,9,15H,8,10-11H2,1H3. The number of para-hydroxylation sites is 1. The van der Waals surface area contributed by atoms with Crippen LogP contribution in [0.4, 0.5) is 0 Å². The van der Waals surface area contributed by atoms with Crippen molar-refractivity contribution in [2.45, 2.75) is 13.5 Å². The third-order valence-corrected chi connectivity index (χ3v) is 2.51. The highest BCUT2D eigenvalue weighted by Gasteiger charge is 1.97. The van der Waals surface area contributed by atoms with Crippen molar-refractivity contribution in [3.05, 3.63) is 54.0 Å². The lowest BCUT2D eigenvalue weighted by molar-refractivity contribution is 0.309. The average molecular weight is 231 g/mol. The highest BCUT2D eigenvalue weighted by molar-refractivity contribution is 5.31. The number of hydrogen-bond acceptors (Lipinski definition) is 3. The summed E-state index contributed by atoms with van der Waals surface area (Å²) in [6, 6.07) is 11.9. The van der Waals surface area contributed by atoms with Crippen LogP contribution in [0.2, 0.25) is 0 Å². The molecular formula is C14H17NO2. The Kier molecular flexibility index (Phi) is 4.22. The third-order valence-electron chi connectivity index (χ3n) is 2.51. The summed E-state index contributed by atoms with van der Waals surface area (Å²) < 4.78 is 10.9. The Bertz CT molecular complexity index is 437. The zero-order valence-electron chi connectivity index (χ0n) is 9.98. The van der Waals surface area contributed by atoms with Crippen LogP contribution >= 0.6 is 0 Å². The largest absolute Gasteiger partial charge is 0.492 e. The van der Waals surface area contributed by atoms with E-state index in [-0.39, 0.29) is 0 Å². The first-order chi connectivity index (χ1) is 8.36. The minimum Gasteiger partial charge on any atom is -0.492 e. The van der Waals surface area contributed by atoms with Crippen LogP contribution in [0.25, 0.3) is 0 Å². The Labute approximate surface area is 101 Å². The predicted molar refractivity (Wildman–Crippen MR) is 67.1 cm³/mol. The highest BCUT2D eigenvalue weighted by atomic mass is 16.5. The monoisotopic (exact) mass is 231 g/mol. The molecule has 0 bridgehead atoms. The van der Waals surface area contributed by atoms with Gasteiger partial charge in [0.25, 0.3) is 0 Å². The van der Waals surface area contributed by atoms with E-state index in [0.717, 1.165) is 24.6 Å². The molecule has 0 atom stereocenters. The van der Waals surface area contributed by atoms with Gasteiger partial charge in [-0.15, -0.1) is 0 Å². The third kappa shape index (κ3) is 3.64. The molecule has 0 aliphatic heterocycles. The lowest BCUT2D eigenvalue weighted by Crippen LogP contribution is -2.20. The van der Waals surface area contributed by atoms with E-state index in [9.17, 15) is 0 Å². The number of aryl methyl sites for hydroxylation is 1. The van der Waals surface area contributed by atoms with Crippen LogP contribution in [0.3, 0.4) is 0 Å². The number of nitrogens with one attached hydrogen (secondary N) is 1. The van der Waals surface area contributed by atoms with Gasteiger partial charge in [-0.2, -0.15) is 0 Å². The summed E-state index contributed by atoms with van der Waals surface area (Å²) >= 11 is 0. The molecule has 1 aromatic heterocycles. The molecule has 1 heterocycles. The Morgan fingerprint density at radius 1 is 1.18 bits per heavy atom. The fraction of sp³-hybridized carbons (Fsp3) is 0.286. The molecule has 1 N–H and O–H groups in total. The Hall–Kier alpha value is -1.74. The topological polar surface area (TPSA) is 34.4 Å². The van der Waals surface area contributed by atoms with E-state index in [1.807, 2.05) is 43.3 Å². The number of rotatable bonds is 6. The first kappa shape index (κ1) is 11.7. The molecule has 2 aromatic rings. The molecule has 1 aromatic carbocycles. The molecule has 0 fully saturated rings. The molecule has 3 nitrogen and oxygen atoms in total. The van der Waals surface area contributed by atoms with Crippen LogP contribution in [0.5, 0.6) is 5.75 Å². The first-order valence-corrected chi connectivity index (χ1v) is 5.78. The van der Waals surface area contributed by atoms with Gasteiger partial charge in [0.1, 0.15) is 18.1 Å². The van der Waals surface area contributed by atoms with Gasteiger partial charge in [0.05, 0.1) is 12.8 Å². The molecule has 0 saturated heterocycles. The van der Waals surface area contributed by atoms with Crippen LogP contribution in [-0.4, -0.2) is 13.2 Å². The second-order valence-corrected chi connectivity index (χ2v) is 3.87. The second-order valence-electron chi connectivity index (χ2n) is 3.87. The van der Waals surface area contributed by atoms with Gasteiger partial charge in [0.15, 0.2) is 0 Å². The molecule has 0 radical (unpaired) electrons. The number of furan rings is 1. The quantitative estimate of drug-likeness (QED) is 0.776. The van der Waals surface area contributed by atoms with Gasteiger partial charge in [-0.05, 0) is 30.7 Å². The molecule has 0 amide bonds. The second kappa shape index (κ2) is 6.11. The normalized spacial score (nSPS) is 10.4. The van der Waals surface area contributed by atoms with Crippen molar-refractivity contribution in [1.29, 1.82) is 0 Å². The lowest BCUT2D eigenvalue weighted by Gasteiger charge is -2.08. The summed E-state index contributed by atoms with van der Waals surface area (Å²) in [5.41, 5.74) is 1.17. The van der Waals surface area contributed by atoms with Gasteiger partial charge >= 0.3 is 0 Å². The molecule has 2 rings (SSSR count). The van der Waals surface area contributed by atoms with Crippen molar-refractivity contribution in [3.63, 3.8) is 0 Å². The smallest absolute Gasteiger partial charge is 0.122 e. The van der Waals surface area contributed by atoms with E-state index >= 15 is 0 Å². The van der Waals surface area contributed by atoms with Gasteiger partial charge in [0.2, 0.25) is 0 Å². The van der Waals surface area contributed by atoms with E-state index < -0.39 is 0 Å². The highest BCUT2D eigenvalue weighted by Crippen LogP contribution is 2.15. The SMILES string of the molecule is Cc1ccccc1OCCNCc1ccco1. The summed E-state index contributed by atoms with van der Waals surface area (Å²) in [6.07, 6.45) is 1.68. The maximum atomic E-state index is 5.66. The Morgan fingerprint density at radius 3 is 2.82 bits per heavy atom. The molecule has 0 spiro atoms. The molecule has 0 unspecified atom stereocenters. The van der Waals surface area contributed by atoms with Gasteiger partial charge in [-0.25, -0.2) is 0 Å². The zero-order valence-corrected chi connectivity index (χ0v) is 9.98. The Balaban J connectivity index is 1.65. The van der Waals surface area contributed by atoms with Crippen molar-refractivity contribution in [3.8, 4) is 5.75 Å². The molecule has 3 heteroatoms. The number of hydrogen-bond donors (Lipinski definition) is 1. The molecule has 0 aliphatic carbocycles. The minimum absolute atomic E-state index is 0.658. The maximum absolute atomic E-state index is 5.66. The van der Waals surface area contributed by atoms with Crippen LogP contribution in [0, 0.1) is 6.92 Å². The minimum atomic E-state index is 0.658. The van der Waals surface area contributed by atoms with Gasteiger partial charge in [0, 0.05) is 6.54 Å². The summed E-state index contributed by atoms with van der Waals surface area (Å²) in [4.78, 5) is 0. The van der Waals surface area contributed by atoms with Crippen molar-refractivity contribution in [2.75, 3.05) is 13.2 Å². The van der Waals surface area contributed by atoms with Gasteiger partial charge in [-0.1, -0.05) is 18.2 Å². The van der Waals surface area contributed by atoms with Crippen LogP contribution in [0.15, 0.2) is 47.1 Å². The van der Waals surface area contributed by atoms with Crippen molar-refractivity contribution >= 4 is 0 Å². The van der Waals surface area contributed by atoms with E-state index in [0.29, 0.717) is 6.61 Å². The van der Waals surface area contributed by atoms with E-state index in [1.54, 1.807) is 6.26 Å². The number of benzene rings is 1. The number of ether oxygens (including phenoxy) is 1. The van der Waals surface area contributed by atoms with Gasteiger partial charge < -0.3 is 14.5 Å². The summed E-state index contributed by atoms with van der Waals surface area (Å²) in [7, 11) is 0. The molecule has 90 valence electrons. The van der Waals surface area contributed by atoms with Gasteiger partial charge in [-0.3, -0.25) is 0 Å². The zero-order chi connectivity index (χ0) is 11.9. The average Bonchev–Trinajstić information content (AvgIpc) is 2.84. The fourth-order valence-corrected chi connectivity index (χ4v) is 1.58. The molecule has 0 aliphatic rings. The van der Waals surface area contributed by atoms with Crippen molar-refractivity contribution in [1.82, 2.24) is 5.32 Å². The van der Waals surface area contributed by atoms with Crippen LogP contribution < -0.4 is 10.1 Å². The lowest BCUT2D eigenvalue weighted by atomic mass is 10.2. The van der Waals surface area contributed by atoms with E-state index in [4.69, 9.17) is 9.15 Å². The van der Waals surface area contributed by atoms with Crippen LogP contribution in [-0.2, 0) is 6.54 Å².